The van der Waals surface area contributed by atoms with Gasteiger partial charge in [-0.1, -0.05) is 13.8 Å². The van der Waals surface area contributed by atoms with Crippen LogP contribution in [-0.2, 0) is 9.59 Å². The van der Waals surface area contributed by atoms with Gasteiger partial charge >= 0.3 is 5.97 Å². The molecule has 0 spiro atoms. The Morgan fingerprint density at radius 2 is 2.10 bits per heavy atom. The molecule has 2 aromatic rings. The number of fused-ring (bicyclic) bond motifs is 1. The van der Waals surface area contributed by atoms with Crippen LogP contribution in [0.25, 0.3) is 10.2 Å². The van der Waals surface area contributed by atoms with Crippen molar-refractivity contribution >= 4 is 39.1 Å². The number of carboxylic acids is 1. The Morgan fingerprint density at radius 3 is 2.75 bits per heavy atom. The molecular formula is C14H14N2O3S. The van der Waals surface area contributed by atoms with Crippen LogP contribution >= 0.6 is 11.3 Å². The second-order valence-electron chi connectivity index (χ2n) is 5.64. The highest BCUT2D eigenvalue weighted by Crippen LogP contribution is 2.58. The number of carbonyl (C=O) groups is 2. The van der Waals surface area contributed by atoms with Crippen LogP contribution in [0.1, 0.15) is 13.8 Å². The van der Waals surface area contributed by atoms with Crippen LogP contribution in [0, 0.1) is 17.3 Å². The van der Waals surface area contributed by atoms with Gasteiger partial charge in [0.1, 0.15) is 0 Å². The van der Waals surface area contributed by atoms with E-state index in [-0.39, 0.29) is 5.91 Å². The van der Waals surface area contributed by atoms with Crippen LogP contribution in [0.4, 0.5) is 5.69 Å². The predicted molar refractivity (Wildman–Crippen MR) is 76.6 cm³/mol. The fourth-order valence-electron chi connectivity index (χ4n) is 2.74. The number of hydrogen-bond acceptors (Lipinski definition) is 4. The first-order valence-electron chi connectivity index (χ1n) is 6.28. The molecule has 1 saturated carbocycles. The highest BCUT2D eigenvalue weighted by Gasteiger charge is 2.65. The number of aliphatic carboxylic acids is 1. The van der Waals surface area contributed by atoms with Crippen LogP contribution in [0.15, 0.2) is 23.7 Å². The molecule has 1 fully saturated rings. The molecule has 20 heavy (non-hydrogen) atoms. The Morgan fingerprint density at radius 1 is 1.35 bits per heavy atom. The average molecular weight is 290 g/mol. The Balaban J connectivity index is 1.78. The first kappa shape index (κ1) is 13.1. The molecule has 1 aliphatic rings. The molecule has 2 atom stereocenters. The van der Waals surface area contributed by atoms with Gasteiger partial charge in [0.25, 0.3) is 0 Å². The third kappa shape index (κ3) is 1.96. The van der Waals surface area contributed by atoms with Crippen molar-refractivity contribution in [2.24, 2.45) is 17.3 Å². The number of nitrogens with zero attached hydrogens (tertiary/aromatic N) is 1. The molecule has 1 aromatic carbocycles. The fourth-order valence-corrected chi connectivity index (χ4v) is 3.46. The maximum atomic E-state index is 12.2. The standard InChI is InChI=1S/C14H14N2O3S/c1-14(2)10(11(14)13(18)19)12(17)16-7-3-4-8-9(5-7)20-6-15-8/h3-6,10-11H,1-2H3,(H,16,17)(H,18,19)/t10-,11+/m1/s1. The summed E-state index contributed by atoms with van der Waals surface area (Å²) in [6.07, 6.45) is 0. The Kier molecular flexibility index (Phi) is 2.79. The third-order valence-electron chi connectivity index (χ3n) is 3.97. The maximum Gasteiger partial charge on any atom is 0.307 e. The molecule has 2 N–H and O–H groups in total. The van der Waals surface area contributed by atoms with Crippen molar-refractivity contribution in [2.45, 2.75) is 13.8 Å². The molecule has 1 heterocycles. The summed E-state index contributed by atoms with van der Waals surface area (Å²) in [5.74, 6) is -2.22. The summed E-state index contributed by atoms with van der Waals surface area (Å²) < 4.78 is 0.993. The van der Waals surface area contributed by atoms with Crippen molar-refractivity contribution in [3.05, 3.63) is 23.7 Å². The smallest absolute Gasteiger partial charge is 0.307 e. The second kappa shape index (κ2) is 4.28. The van der Waals surface area contributed by atoms with Crippen LogP contribution in [0.2, 0.25) is 0 Å². The number of rotatable bonds is 3. The zero-order chi connectivity index (χ0) is 14.5. The molecule has 1 aliphatic carbocycles. The van der Waals surface area contributed by atoms with E-state index >= 15 is 0 Å². The summed E-state index contributed by atoms with van der Waals surface area (Å²) in [5, 5.41) is 11.9. The van der Waals surface area contributed by atoms with Crippen LogP contribution < -0.4 is 5.32 Å². The van der Waals surface area contributed by atoms with Gasteiger partial charge in [0.2, 0.25) is 5.91 Å². The van der Waals surface area contributed by atoms with Crippen LogP contribution in [0.3, 0.4) is 0 Å². The lowest BCUT2D eigenvalue weighted by atomic mass is 10.1. The van der Waals surface area contributed by atoms with Gasteiger partial charge in [-0.2, -0.15) is 0 Å². The minimum Gasteiger partial charge on any atom is -0.481 e. The zero-order valence-corrected chi connectivity index (χ0v) is 11.9. The van der Waals surface area contributed by atoms with E-state index in [1.54, 1.807) is 11.6 Å². The van der Waals surface area contributed by atoms with Crippen molar-refractivity contribution in [3.8, 4) is 0 Å². The molecule has 104 valence electrons. The number of carbonyl (C=O) groups excluding carboxylic acids is 1. The largest absolute Gasteiger partial charge is 0.481 e. The van der Waals surface area contributed by atoms with E-state index in [9.17, 15) is 9.59 Å². The normalized spacial score (nSPS) is 23.5. The highest BCUT2D eigenvalue weighted by atomic mass is 32.1. The number of thiazole rings is 1. The minimum absolute atomic E-state index is 0.230. The molecule has 0 unspecified atom stereocenters. The van der Waals surface area contributed by atoms with Crippen LogP contribution in [0.5, 0.6) is 0 Å². The van der Waals surface area contributed by atoms with Gasteiger partial charge in [-0.15, -0.1) is 11.3 Å². The van der Waals surface area contributed by atoms with Crippen molar-refractivity contribution in [3.63, 3.8) is 0 Å². The van der Waals surface area contributed by atoms with E-state index in [0.717, 1.165) is 10.2 Å². The lowest BCUT2D eigenvalue weighted by Gasteiger charge is -2.06. The van der Waals surface area contributed by atoms with Gasteiger partial charge in [0.15, 0.2) is 0 Å². The Bertz CT molecular complexity index is 707. The van der Waals surface area contributed by atoms with Crippen molar-refractivity contribution in [2.75, 3.05) is 5.32 Å². The van der Waals surface area contributed by atoms with E-state index in [2.05, 4.69) is 10.3 Å². The topological polar surface area (TPSA) is 79.3 Å². The number of amides is 1. The molecule has 6 heteroatoms. The molecule has 0 bridgehead atoms. The van der Waals surface area contributed by atoms with Gasteiger partial charge in [0, 0.05) is 5.69 Å². The highest BCUT2D eigenvalue weighted by molar-refractivity contribution is 7.16. The SMILES string of the molecule is CC1(C)[C@H](C(=O)O)[C@@H]1C(=O)Nc1ccc2ncsc2c1. The van der Waals surface area contributed by atoms with E-state index in [4.69, 9.17) is 5.11 Å². The van der Waals surface area contributed by atoms with Gasteiger partial charge in [-0.25, -0.2) is 4.98 Å². The summed E-state index contributed by atoms with van der Waals surface area (Å²) >= 11 is 1.50. The fraction of sp³-hybridized carbons (Fsp3) is 0.357. The number of aromatic nitrogens is 1. The van der Waals surface area contributed by atoms with E-state index < -0.39 is 23.2 Å². The number of anilines is 1. The molecule has 1 aromatic heterocycles. The minimum atomic E-state index is -0.909. The first-order valence-corrected chi connectivity index (χ1v) is 7.16. The molecule has 3 rings (SSSR count). The van der Waals surface area contributed by atoms with E-state index in [1.165, 1.54) is 11.3 Å². The summed E-state index contributed by atoms with van der Waals surface area (Å²) in [7, 11) is 0. The van der Waals surface area contributed by atoms with Gasteiger partial charge in [-0.05, 0) is 23.6 Å². The van der Waals surface area contributed by atoms with Crippen LogP contribution in [-0.4, -0.2) is 22.0 Å². The average Bonchev–Trinajstić information content (AvgIpc) is 2.73. The van der Waals surface area contributed by atoms with Gasteiger partial charge in [-0.3, -0.25) is 9.59 Å². The lowest BCUT2D eigenvalue weighted by molar-refractivity contribution is -0.140. The number of hydrogen-bond donors (Lipinski definition) is 2. The molecule has 1 amide bonds. The third-order valence-corrected chi connectivity index (χ3v) is 4.77. The van der Waals surface area contributed by atoms with E-state index in [0.29, 0.717) is 5.69 Å². The summed E-state index contributed by atoms with van der Waals surface area (Å²) in [4.78, 5) is 27.5. The Hall–Kier alpha value is -1.95. The predicted octanol–water partition coefficient (Wildman–Crippen LogP) is 2.59. The van der Waals surface area contributed by atoms with Crippen molar-refractivity contribution in [1.29, 1.82) is 0 Å². The van der Waals surface area contributed by atoms with Crippen molar-refractivity contribution in [1.82, 2.24) is 4.98 Å². The lowest BCUT2D eigenvalue weighted by Crippen LogP contribution is -2.17. The first-order chi connectivity index (χ1) is 9.41. The number of nitrogens with one attached hydrogen (secondary N) is 1. The molecule has 5 nitrogen and oxygen atoms in total. The summed E-state index contributed by atoms with van der Waals surface area (Å²) in [6.45, 7) is 3.62. The molecule has 0 saturated heterocycles. The quantitative estimate of drug-likeness (QED) is 0.910. The number of carboxylic acid groups (broad SMARTS) is 1. The monoisotopic (exact) mass is 290 g/mol. The molecule has 0 radical (unpaired) electrons. The van der Waals surface area contributed by atoms with Crippen molar-refractivity contribution < 1.29 is 14.7 Å². The number of benzene rings is 1. The molecule has 0 aliphatic heterocycles. The summed E-state index contributed by atoms with van der Waals surface area (Å²) in [5.41, 5.74) is 2.84. The summed E-state index contributed by atoms with van der Waals surface area (Å²) in [6, 6.07) is 5.48. The zero-order valence-electron chi connectivity index (χ0n) is 11.1. The maximum absolute atomic E-state index is 12.2. The van der Waals surface area contributed by atoms with Gasteiger partial charge < -0.3 is 10.4 Å². The second-order valence-corrected chi connectivity index (χ2v) is 6.53. The van der Waals surface area contributed by atoms with E-state index in [1.807, 2.05) is 26.0 Å². The Labute approximate surface area is 119 Å². The van der Waals surface area contributed by atoms with Gasteiger partial charge in [0.05, 0.1) is 27.6 Å². The molecular weight excluding hydrogens is 276 g/mol.